The first-order valence-corrected chi connectivity index (χ1v) is 11.3. The van der Waals surface area contributed by atoms with Crippen LogP contribution in [0.15, 0.2) is 108 Å². The van der Waals surface area contributed by atoms with Gasteiger partial charge in [0.1, 0.15) is 0 Å². The molecule has 0 unspecified atom stereocenters. The fourth-order valence-electron chi connectivity index (χ4n) is 2.70. The molecule has 0 aliphatic rings. The maximum Gasteiger partial charge on any atom is 0.0449 e. The van der Waals surface area contributed by atoms with Crippen LogP contribution in [-0.2, 0) is 0 Å². The molecule has 0 nitrogen and oxygen atoms in total. The summed E-state index contributed by atoms with van der Waals surface area (Å²) in [6.07, 6.45) is 0. The van der Waals surface area contributed by atoms with Gasteiger partial charge in [0, 0.05) is 19.5 Å². The lowest BCUT2D eigenvalue weighted by Gasteiger charge is -1.98. The van der Waals surface area contributed by atoms with E-state index in [4.69, 9.17) is 0 Å². The molecule has 0 bridgehead atoms. The Labute approximate surface area is 172 Å². The van der Waals surface area contributed by atoms with Crippen LogP contribution in [0.2, 0.25) is 0 Å². The monoisotopic (exact) mass is 402 g/mol. The summed E-state index contributed by atoms with van der Waals surface area (Å²) in [4.78, 5) is 5.47. The van der Waals surface area contributed by atoms with Gasteiger partial charge in [0.25, 0.3) is 0 Å². The van der Waals surface area contributed by atoms with E-state index in [1.54, 1.807) is 22.7 Å². The quantitative estimate of drug-likeness (QED) is 0.283. The van der Waals surface area contributed by atoms with Crippen molar-refractivity contribution in [2.45, 2.75) is 0 Å². The summed E-state index contributed by atoms with van der Waals surface area (Å²) in [5.41, 5.74) is 2.55. The fourth-order valence-corrected chi connectivity index (χ4v) is 5.38. The number of thiophene rings is 3. The van der Waals surface area contributed by atoms with E-state index in [1.807, 2.05) is 23.5 Å². The van der Waals surface area contributed by atoms with Gasteiger partial charge in [0.05, 0.1) is 0 Å². The Morgan fingerprint density at radius 2 is 0.815 bits per heavy atom. The number of hydrogen-bond donors (Lipinski definition) is 0. The zero-order valence-corrected chi connectivity index (χ0v) is 17.1. The van der Waals surface area contributed by atoms with Crippen molar-refractivity contribution in [3.05, 3.63) is 108 Å². The predicted octanol–water partition coefficient (Wildman–Crippen LogP) is 8.56. The third kappa shape index (κ3) is 4.64. The molecule has 3 aromatic heterocycles. The molecular formula is C24H18S3. The summed E-state index contributed by atoms with van der Waals surface area (Å²) in [6, 6.07) is 33.8. The number of rotatable bonds is 3. The summed E-state index contributed by atoms with van der Waals surface area (Å²) in [6.45, 7) is 0. The van der Waals surface area contributed by atoms with E-state index in [0.29, 0.717) is 0 Å². The van der Waals surface area contributed by atoms with E-state index in [0.717, 1.165) is 0 Å². The van der Waals surface area contributed by atoms with Crippen molar-refractivity contribution in [1.82, 2.24) is 0 Å². The molecule has 0 aliphatic heterocycles. The number of benzene rings is 2. The van der Waals surface area contributed by atoms with E-state index < -0.39 is 0 Å². The molecule has 2 aromatic carbocycles. The number of hydrogen-bond acceptors (Lipinski definition) is 3. The third-order valence-electron chi connectivity index (χ3n) is 4.01. The van der Waals surface area contributed by atoms with E-state index in [1.165, 1.54) is 30.6 Å². The molecule has 0 N–H and O–H groups in total. The second-order valence-electron chi connectivity index (χ2n) is 5.85. The summed E-state index contributed by atoms with van der Waals surface area (Å²) in [5.74, 6) is 0. The second-order valence-corrected chi connectivity index (χ2v) is 8.83. The van der Waals surface area contributed by atoms with Gasteiger partial charge < -0.3 is 0 Å². The lowest BCUT2D eigenvalue weighted by molar-refractivity contribution is 1.62. The van der Waals surface area contributed by atoms with Gasteiger partial charge in [-0.2, -0.15) is 0 Å². The summed E-state index contributed by atoms with van der Waals surface area (Å²) in [7, 11) is 0. The van der Waals surface area contributed by atoms with Gasteiger partial charge in [-0.25, -0.2) is 0 Å². The highest BCUT2D eigenvalue weighted by Gasteiger charge is 2.05. The van der Waals surface area contributed by atoms with E-state index >= 15 is 0 Å². The molecular weight excluding hydrogens is 384 g/mol. The molecule has 27 heavy (non-hydrogen) atoms. The standard InChI is InChI=1S/C12H8S3.C12H10/c1-3-9(13-7-1)11-5-6-12(15-11)10-4-2-8-14-10;1-3-7-11(8-4-1)12-9-5-2-6-10-12/h1-8H;1-10H. The van der Waals surface area contributed by atoms with Crippen LogP contribution < -0.4 is 0 Å². The van der Waals surface area contributed by atoms with Crippen LogP contribution in [-0.4, -0.2) is 0 Å². The lowest BCUT2D eigenvalue weighted by atomic mass is 10.1. The minimum atomic E-state index is 1.28. The lowest BCUT2D eigenvalue weighted by Crippen LogP contribution is -1.73. The highest BCUT2D eigenvalue weighted by atomic mass is 32.1. The van der Waals surface area contributed by atoms with Crippen LogP contribution in [0, 0.1) is 0 Å². The Bertz CT molecular complexity index is 955. The van der Waals surface area contributed by atoms with Crippen LogP contribution >= 0.6 is 34.0 Å². The van der Waals surface area contributed by atoms with Crippen LogP contribution in [0.3, 0.4) is 0 Å². The van der Waals surface area contributed by atoms with Crippen molar-refractivity contribution in [1.29, 1.82) is 0 Å². The van der Waals surface area contributed by atoms with Gasteiger partial charge in [-0.3, -0.25) is 0 Å². The van der Waals surface area contributed by atoms with Gasteiger partial charge in [-0.05, 0) is 46.2 Å². The SMILES string of the molecule is c1ccc(-c2ccccc2)cc1.c1csc(-c2ccc(-c3cccs3)s2)c1. The fraction of sp³-hybridized carbons (Fsp3) is 0. The third-order valence-corrected chi connectivity index (χ3v) is 7.23. The Kier molecular flexibility index (Phi) is 5.95. The second kappa shape index (κ2) is 8.96. The van der Waals surface area contributed by atoms with Gasteiger partial charge in [-0.15, -0.1) is 34.0 Å². The smallest absolute Gasteiger partial charge is 0.0449 e. The van der Waals surface area contributed by atoms with E-state index in [2.05, 4.69) is 95.7 Å². The van der Waals surface area contributed by atoms with Gasteiger partial charge >= 0.3 is 0 Å². The topological polar surface area (TPSA) is 0 Å². The molecule has 5 aromatic rings. The summed E-state index contributed by atoms with van der Waals surface area (Å²) < 4.78 is 0. The van der Waals surface area contributed by atoms with Gasteiger partial charge in [-0.1, -0.05) is 72.8 Å². The van der Waals surface area contributed by atoms with Crippen molar-refractivity contribution in [2.75, 3.05) is 0 Å². The largest absolute Gasteiger partial charge is 0.143 e. The first kappa shape index (κ1) is 17.9. The van der Waals surface area contributed by atoms with Crippen molar-refractivity contribution < 1.29 is 0 Å². The van der Waals surface area contributed by atoms with Crippen molar-refractivity contribution in [3.8, 4) is 30.6 Å². The molecule has 0 amide bonds. The zero-order valence-electron chi connectivity index (χ0n) is 14.6. The van der Waals surface area contributed by atoms with Crippen LogP contribution in [0.25, 0.3) is 30.6 Å². The normalized spacial score (nSPS) is 10.2. The van der Waals surface area contributed by atoms with E-state index in [-0.39, 0.29) is 0 Å². The average Bonchev–Trinajstić information content (AvgIpc) is 3.51. The van der Waals surface area contributed by atoms with E-state index in [9.17, 15) is 0 Å². The van der Waals surface area contributed by atoms with Gasteiger partial charge in [0.2, 0.25) is 0 Å². The predicted molar refractivity (Wildman–Crippen MR) is 123 cm³/mol. The molecule has 5 rings (SSSR count). The molecule has 0 spiro atoms. The minimum absolute atomic E-state index is 1.28. The molecule has 0 atom stereocenters. The zero-order chi connectivity index (χ0) is 18.3. The molecule has 0 saturated carbocycles. The van der Waals surface area contributed by atoms with Crippen molar-refractivity contribution in [2.24, 2.45) is 0 Å². The van der Waals surface area contributed by atoms with Gasteiger partial charge in [0.15, 0.2) is 0 Å². The maximum atomic E-state index is 2.21. The highest BCUT2D eigenvalue weighted by Crippen LogP contribution is 2.37. The first-order valence-electron chi connectivity index (χ1n) is 8.68. The Morgan fingerprint density at radius 1 is 0.370 bits per heavy atom. The highest BCUT2D eigenvalue weighted by molar-refractivity contribution is 7.25. The summed E-state index contributed by atoms with van der Waals surface area (Å²) in [5, 5.41) is 4.25. The maximum absolute atomic E-state index is 2.21. The Morgan fingerprint density at radius 3 is 1.19 bits per heavy atom. The molecule has 0 saturated heterocycles. The molecule has 3 heteroatoms. The molecule has 0 fully saturated rings. The van der Waals surface area contributed by atoms with Crippen LogP contribution in [0.4, 0.5) is 0 Å². The average molecular weight is 403 g/mol. The Balaban J connectivity index is 0.000000137. The molecule has 132 valence electrons. The van der Waals surface area contributed by atoms with Crippen LogP contribution in [0.5, 0.6) is 0 Å². The minimum Gasteiger partial charge on any atom is -0.143 e. The van der Waals surface area contributed by atoms with Crippen LogP contribution in [0.1, 0.15) is 0 Å². The molecule has 0 aliphatic carbocycles. The summed E-state index contributed by atoms with van der Waals surface area (Å²) >= 11 is 5.47. The molecule has 0 radical (unpaired) electrons. The first-order chi connectivity index (χ1) is 13.4. The molecule has 3 heterocycles. The van der Waals surface area contributed by atoms with Crippen molar-refractivity contribution in [3.63, 3.8) is 0 Å². The van der Waals surface area contributed by atoms with Crippen molar-refractivity contribution >= 4 is 34.0 Å². The Hall–Kier alpha value is -2.46.